The topological polar surface area (TPSA) is 78.3 Å². The molecule has 0 aliphatic rings. The number of benzene rings is 1. The van der Waals surface area contributed by atoms with E-state index in [2.05, 4.69) is 0 Å². The lowest BCUT2D eigenvalue weighted by Gasteiger charge is -2.12. The van der Waals surface area contributed by atoms with E-state index in [1.54, 1.807) is 26.0 Å². The summed E-state index contributed by atoms with van der Waals surface area (Å²) in [5.41, 5.74) is 11.1. The number of hydrogen-bond donors (Lipinski definition) is 2. The van der Waals surface area contributed by atoms with Crippen LogP contribution in [0.1, 0.15) is 25.5 Å². The van der Waals surface area contributed by atoms with E-state index in [0.29, 0.717) is 11.3 Å². The summed E-state index contributed by atoms with van der Waals surface area (Å²) in [5.74, 6) is -0.909. The first kappa shape index (κ1) is 13.4. The molecule has 0 radical (unpaired) electrons. The van der Waals surface area contributed by atoms with Gasteiger partial charge in [-0.2, -0.15) is 0 Å². The minimum atomic E-state index is -0.447. The number of carbonyl (C=O) groups excluding carboxylic acids is 1. The smallest absolute Gasteiger partial charge is 0.223 e. The summed E-state index contributed by atoms with van der Waals surface area (Å²) in [7, 11) is 0. The molecule has 0 heterocycles. The van der Waals surface area contributed by atoms with E-state index in [1.807, 2.05) is 0 Å². The van der Waals surface area contributed by atoms with Gasteiger partial charge in [-0.15, -0.1) is 0 Å². The number of primary amides is 1. The van der Waals surface area contributed by atoms with Gasteiger partial charge in [-0.05, 0) is 13.0 Å². The Morgan fingerprint density at radius 2 is 2.12 bits per heavy atom. The van der Waals surface area contributed by atoms with Gasteiger partial charge in [-0.3, -0.25) is 4.79 Å². The van der Waals surface area contributed by atoms with E-state index in [-0.39, 0.29) is 12.6 Å². The summed E-state index contributed by atoms with van der Waals surface area (Å²) in [4.78, 5) is 10.8. The second-order valence-electron chi connectivity index (χ2n) is 4.09. The van der Waals surface area contributed by atoms with Gasteiger partial charge < -0.3 is 16.2 Å². The van der Waals surface area contributed by atoms with Crippen molar-refractivity contribution in [1.82, 2.24) is 0 Å². The molecular formula is C12H17FN2O2. The third-order valence-corrected chi connectivity index (χ3v) is 2.45. The van der Waals surface area contributed by atoms with Gasteiger partial charge >= 0.3 is 0 Å². The molecule has 0 aliphatic carbocycles. The van der Waals surface area contributed by atoms with Crippen molar-refractivity contribution < 1.29 is 13.9 Å². The lowest BCUT2D eigenvalue weighted by molar-refractivity contribution is -0.122. The number of ether oxygens (including phenoxy) is 1. The van der Waals surface area contributed by atoms with Gasteiger partial charge in [0.25, 0.3) is 0 Å². The lowest BCUT2D eigenvalue weighted by Crippen LogP contribution is -2.25. The Labute approximate surface area is 99.7 Å². The predicted octanol–water partition coefficient (Wildman–Crippen LogP) is 1.35. The largest absolute Gasteiger partial charge is 0.493 e. The molecule has 0 bridgehead atoms. The molecule has 0 aromatic heterocycles. The molecule has 1 rings (SSSR count). The number of carbonyl (C=O) groups is 1. The van der Waals surface area contributed by atoms with Crippen LogP contribution in [0.5, 0.6) is 5.75 Å². The van der Waals surface area contributed by atoms with Gasteiger partial charge in [0.05, 0.1) is 12.5 Å². The van der Waals surface area contributed by atoms with Crippen molar-refractivity contribution in [2.75, 3.05) is 6.61 Å². The number of hydrogen-bond acceptors (Lipinski definition) is 3. The van der Waals surface area contributed by atoms with Crippen LogP contribution in [0.2, 0.25) is 0 Å². The maximum absolute atomic E-state index is 13.5. The quantitative estimate of drug-likeness (QED) is 0.815. The third kappa shape index (κ3) is 3.71. The van der Waals surface area contributed by atoms with Crippen molar-refractivity contribution in [3.8, 4) is 5.75 Å². The zero-order chi connectivity index (χ0) is 13.0. The van der Waals surface area contributed by atoms with Crippen molar-refractivity contribution in [2.45, 2.75) is 19.9 Å². The molecule has 1 amide bonds. The number of halogens is 1. The molecule has 0 saturated carbocycles. The summed E-state index contributed by atoms with van der Waals surface area (Å²) in [6, 6.07) is 4.08. The van der Waals surface area contributed by atoms with E-state index in [9.17, 15) is 9.18 Å². The number of nitrogens with two attached hydrogens (primary N) is 2. The second kappa shape index (κ2) is 5.63. The molecule has 0 saturated heterocycles. The Kier molecular flexibility index (Phi) is 4.45. The summed E-state index contributed by atoms with van der Waals surface area (Å²) >= 11 is 0. The SMILES string of the molecule is CC(COc1ccc([C@@H](C)N)c(F)c1)C(N)=O. The van der Waals surface area contributed by atoms with E-state index in [4.69, 9.17) is 16.2 Å². The van der Waals surface area contributed by atoms with Crippen LogP contribution in [-0.4, -0.2) is 12.5 Å². The Morgan fingerprint density at radius 1 is 1.47 bits per heavy atom. The molecule has 0 aliphatic heterocycles. The van der Waals surface area contributed by atoms with Crippen molar-refractivity contribution >= 4 is 5.91 Å². The first-order valence-corrected chi connectivity index (χ1v) is 5.39. The minimum Gasteiger partial charge on any atom is -0.493 e. The maximum Gasteiger partial charge on any atom is 0.223 e. The summed E-state index contributed by atoms with van der Waals surface area (Å²) in [6.07, 6.45) is 0. The fourth-order valence-electron chi connectivity index (χ4n) is 1.27. The van der Waals surface area contributed by atoms with Gasteiger partial charge in [0, 0.05) is 17.7 Å². The van der Waals surface area contributed by atoms with Gasteiger partial charge in [-0.1, -0.05) is 13.0 Å². The van der Waals surface area contributed by atoms with Crippen molar-refractivity contribution in [3.63, 3.8) is 0 Å². The second-order valence-corrected chi connectivity index (χ2v) is 4.09. The maximum atomic E-state index is 13.5. The first-order valence-electron chi connectivity index (χ1n) is 5.39. The van der Waals surface area contributed by atoms with Gasteiger partial charge in [0.2, 0.25) is 5.91 Å². The molecule has 2 atom stereocenters. The van der Waals surface area contributed by atoms with Crippen LogP contribution in [0.25, 0.3) is 0 Å². The highest BCUT2D eigenvalue weighted by atomic mass is 19.1. The molecular weight excluding hydrogens is 223 g/mol. The van der Waals surface area contributed by atoms with Crippen LogP contribution in [0.3, 0.4) is 0 Å². The van der Waals surface area contributed by atoms with Crippen molar-refractivity contribution in [3.05, 3.63) is 29.6 Å². The zero-order valence-corrected chi connectivity index (χ0v) is 9.94. The van der Waals surface area contributed by atoms with E-state index < -0.39 is 17.6 Å². The predicted molar refractivity (Wildman–Crippen MR) is 62.9 cm³/mol. The Morgan fingerprint density at radius 3 is 2.59 bits per heavy atom. The average molecular weight is 240 g/mol. The molecule has 4 N–H and O–H groups in total. The standard InChI is InChI=1S/C12H17FN2O2/c1-7(12(15)16)6-17-9-3-4-10(8(2)14)11(13)5-9/h3-5,7-8H,6,14H2,1-2H3,(H2,15,16)/t7?,8-/m1/s1. The number of rotatable bonds is 5. The molecule has 4 nitrogen and oxygen atoms in total. The van der Waals surface area contributed by atoms with E-state index in [0.717, 1.165) is 0 Å². The molecule has 1 aromatic carbocycles. The van der Waals surface area contributed by atoms with Gasteiger partial charge in [-0.25, -0.2) is 4.39 Å². The van der Waals surface area contributed by atoms with Crippen LogP contribution >= 0.6 is 0 Å². The first-order chi connectivity index (χ1) is 7.91. The highest BCUT2D eigenvalue weighted by molar-refractivity contribution is 5.76. The minimum absolute atomic E-state index is 0.131. The third-order valence-electron chi connectivity index (χ3n) is 2.45. The van der Waals surface area contributed by atoms with Crippen LogP contribution < -0.4 is 16.2 Å². The Bertz CT molecular complexity index is 407. The molecule has 17 heavy (non-hydrogen) atoms. The monoisotopic (exact) mass is 240 g/mol. The summed E-state index contributed by atoms with van der Waals surface area (Å²) in [6.45, 7) is 3.48. The molecule has 0 spiro atoms. The van der Waals surface area contributed by atoms with Crippen LogP contribution in [0, 0.1) is 11.7 Å². The van der Waals surface area contributed by atoms with Gasteiger partial charge in [0.15, 0.2) is 0 Å². The van der Waals surface area contributed by atoms with E-state index in [1.165, 1.54) is 6.07 Å². The Hall–Kier alpha value is -1.62. The zero-order valence-electron chi connectivity index (χ0n) is 9.94. The summed E-state index contributed by atoms with van der Waals surface area (Å²) in [5, 5.41) is 0. The highest BCUT2D eigenvalue weighted by Gasteiger charge is 2.11. The fraction of sp³-hybridized carbons (Fsp3) is 0.417. The molecule has 1 unspecified atom stereocenters. The van der Waals surface area contributed by atoms with Crippen molar-refractivity contribution in [1.29, 1.82) is 0 Å². The lowest BCUT2D eigenvalue weighted by atomic mass is 10.1. The number of amides is 1. The van der Waals surface area contributed by atoms with Gasteiger partial charge in [0.1, 0.15) is 11.6 Å². The van der Waals surface area contributed by atoms with Crippen LogP contribution in [-0.2, 0) is 4.79 Å². The average Bonchev–Trinajstić information content (AvgIpc) is 2.25. The Balaban J connectivity index is 2.68. The van der Waals surface area contributed by atoms with Crippen LogP contribution in [0.15, 0.2) is 18.2 Å². The normalized spacial score (nSPS) is 14.1. The molecule has 0 fully saturated rings. The summed E-state index contributed by atoms with van der Waals surface area (Å²) < 4.78 is 18.8. The molecule has 1 aromatic rings. The van der Waals surface area contributed by atoms with E-state index >= 15 is 0 Å². The highest BCUT2D eigenvalue weighted by Crippen LogP contribution is 2.20. The molecule has 5 heteroatoms. The van der Waals surface area contributed by atoms with Crippen LogP contribution in [0.4, 0.5) is 4.39 Å². The molecule has 94 valence electrons. The fourth-order valence-corrected chi connectivity index (χ4v) is 1.27. The van der Waals surface area contributed by atoms with Crippen molar-refractivity contribution in [2.24, 2.45) is 17.4 Å².